The van der Waals surface area contributed by atoms with Crippen LogP contribution in [0.15, 0.2) is 53.1 Å². The van der Waals surface area contributed by atoms with Gasteiger partial charge < -0.3 is 4.42 Å². The Labute approximate surface area is 108 Å². The van der Waals surface area contributed by atoms with Crippen molar-refractivity contribution in [1.82, 2.24) is 4.98 Å². The van der Waals surface area contributed by atoms with E-state index in [9.17, 15) is 0 Å². The standard InChI is InChI=1S/C15H8ClNO/c16-10-5-6-12-13(7-10)18-15-14(12)11-4-2-1-3-9(11)8-17-15/h1-8H. The number of halogens is 1. The second-order valence-electron chi connectivity index (χ2n) is 4.27. The van der Waals surface area contributed by atoms with Gasteiger partial charge in [-0.05, 0) is 17.5 Å². The van der Waals surface area contributed by atoms with Gasteiger partial charge in [-0.25, -0.2) is 4.98 Å². The summed E-state index contributed by atoms with van der Waals surface area (Å²) in [4.78, 5) is 4.37. The normalized spacial score (nSPS) is 11.6. The van der Waals surface area contributed by atoms with Crippen molar-refractivity contribution >= 4 is 44.4 Å². The van der Waals surface area contributed by atoms with Crippen LogP contribution in [0.1, 0.15) is 0 Å². The van der Waals surface area contributed by atoms with Gasteiger partial charge in [-0.1, -0.05) is 35.9 Å². The molecule has 0 aliphatic heterocycles. The highest BCUT2D eigenvalue weighted by Crippen LogP contribution is 2.34. The Hall–Kier alpha value is -2.06. The predicted octanol–water partition coefficient (Wildman–Crippen LogP) is 4.79. The Morgan fingerprint density at radius 1 is 1.00 bits per heavy atom. The molecule has 18 heavy (non-hydrogen) atoms. The zero-order valence-corrected chi connectivity index (χ0v) is 10.1. The zero-order valence-electron chi connectivity index (χ0n) is 9.35. The summed E-state index contributed by atoms with van der Waals surface area (Å²) in [7, 11) is 0. The second-order valence-corrected chi connectivity index (χ2v) is 4.70. The topological polar surface area (TPSA) is 26.0 Å². The molecule has 2 aromatic carbocycles. The lowest BCUT2D eigenvalue weighted by Crippen LogP contribution is -1.77. The first-order valence-electron chi connectivity index (χ1n) is 5.68. The van der Waals surface area contributed by atoms with Crippen LogP contribution in [-0.4, -0.2) is 4.98 Å². The van der Waals surface area contributed by atoms with E-state index in [1.54, 1.807) is 0 Å². The van der Waals surface area contributed by atoms with Crippen LogP contribution in [0.2, 0.25) is 5.02 Å². The van der Waals surface area contributed by atoms with E-state index in [1.807, 2.05) is 36.5 Å². The van der Waals surface area contributed by atoms with Crippen molar-refractivity contribution in [3.8, 4) is 0 Å². The highest BCUT2D eigenvalue weighted by molar-refractivity contribution is 6.31. The molecule has 0 bridgehead atoms. The average Bonchev–Trinajstić information content (AvgIpc) is 2.76. The summed E-state index contributed by atoms with van der Waals surface area (Å²) >= 11 is 5.98. The fourth-order valence-electron chi connectivity index (χ4n) is 2.37. The molecule has 0 aliphatic carbocycles. The molecule has 0 atom stereocenters. The molecule has 0 fully saturated rings. The Kier molecular flexibility index (Phi) is 1.91. The first-order chi connectivity index (χ1) is 8.83. The Morgan fingerprint density at radius 2 is 1.89 bits per heavy atom. The number of furan rings is 1. The van der Waals surface area contributed by atoms with E-state index < -0.39 is 0 Å². The van der Waals surface area contributed by atoms with Gasteiger partial charge in [0.15, 0.2) is 0 Å². The lowest BCUT2D eigenvalue weighted by Gasteiger charge is -1.97. The molecule has 0 unspecified atom stereocenters. The number of nitrogens with zero attached hydrogens (tertiary/aromatic N) is 1. The molecule has 4 rings (SSSR count). The highest BCUT2D eigenvalue weighted by atomic mass is 35.5. The lowest BCUT2D eigenvalue weighted by atomic mass is 10.1. The Bertz CT molecular complexity index is 895. The third-order valence-corrected chi connectivity index (χ3v) is 3.42. The zero-order chi connectivity index (χ0) is 12.1. The number of pyridine rings is 1. The molecule has 0 aliphatic rings. The van der Waals surface area contributed by atoms with E-state index in [2.05, 4.69) is 17.1 Å². The van der Waals surface area contributed by atoms with E-state index in [4.69, 9.17) is 16.0 Å². The largest absolute Gasteiger partial charge is 0.438 e. The summed E-state index contributed by atoms with van der Waals surface area (Å²) in [6.07, 6.45) is 1.83. The quantitative estimate of drug-likeness (QED) is 0.450. The molecule has 2 heterocycles. The van der Waals surface area contributed by atoms with Crippen LogP contribution in [-0.2, 0) is 0 Å². The predicted molar refractivity (Wildman–Crippen MR) is 74.0 cm³/mol. The molecular weight excluding hydrogens is 246 g/mol. The van der Waals surface area contributed by atoms with Crippen molar-refractivity contribution in [2.75, 3.05) is 0 Å². The third kappa shape index (κ3) is 1.27. The average molecular weight is 254 g/mol. The highest BCUT2D eigenvalue weighted by Gasteiger charge is 2.11. The van der Waals surface area contributed by atoms with Gasteiger partial charge in [-0.2, -0.15) is 0 Å². The van der Waals surface area contributed by atoms with E-state index in [0.717, 1.165) is 27.1 Å². The summed E-state index contributed by atoms with van der Waals surface area (Å²) < 4.78 is 5.75. The number of fused-ring (bicyclic) bond motifs is 5. The van der Waals surface area contributed by atoms with Crippen molar-refractivity contribution in [3.05, 3.63) is 53.7 Å². The fourth-order valence-corrected chi connectivity index (χ4v) is 2.54. The molecule has 0 amide bonds. The van der Waals surface area contributed by atoms with E-state index in [-0.39, 0.29) is 0 Å². The summed E-state index contributed by atoms with van der Waals surface area (Å²) in [5.41, 5.74) is 1.44. The van der Waals surface area contributed by atoms with E-state index in [1.165, 1.54) is 0 Å². The Balaban J connectivity index is 2.33. The summed E-state index contributed by atoms with van der Waals surface area (Å²) in [5.74, 6) is 0. The molecule has 86 valence electrons. The van der Waals surface area contributed by atoms with Gasteiger partial charge >= 0.3 is 0 Å². The molecule has 0 spiro atoms. The number of hydrogen-bond acceptors (Lipinski definition) is 2. The molecule has 4 aromatic rings. The van der Waals surface area contributed by atoms with Gasteiger partial charge in [0.25, 0.3) is 0 Å². The van der Waals surface area contributed by atoms with Gasteiger partial charge in [0.1, 0.15) is 5.58 Å². The van der Waals surface area contributed by atoms with Crippen LogP contribution in [0.25, 0.3) is 32.8 Å². The molecule has 3 heteroatoms. The van der Waals surface area contributed by atoms with E-state index >= 15 is 0 Å². The number of benzene rings is 2. The van der Waals surface area contributed by atoms with Gasteiger partial charge in [-0.15, -0.1) is 0 Å². The van der Waals surface area contributed by atoms with E-state index in [0.29, 0.717) is 10.7 Å². The SMILES string of the molecule is Clc1ccc2c(c1)oc1ncc3ccccc3c12. The monoisotopic (exact) mass is 253 g/mol. The minimum Gasteiger partial charge on any atom is -0.438 e. The van der Waals surface area contributed by atoms with Crippen LogP contribution in [0.5, 0.6) is 0 Å². The molecule has 0 radical (unpaired) electrons. The van der Waals surface area contributed by atoms with Crippen LogP contribution in [0.4, 0.5) is 0 Å². The van der Waals surface area contributed by atoms with Crippen molar-refractivity contribution in [3.63, 3.8) is 0 Å². The lowest BCUT2D eigenvalue weighted by molar-refractivity contribution is 0.654. The Morgan fingerprint density at radius 3 is 2.83 bits per heavy atom. The molecule has 2 aromatic heterocycles. The van der Waals surface area contributed by atoms with Crippen LogP contribution >= 0.6 is 11.6 Å². The maximum atomic E-state index is 5.98. The first kappa shape index (κ1) is 9.92. The van der Waals surface area contributed by atoms with Gasteiger partial charge in [-0.3, -0.25) is 0 Å². The molecular formula is C15H8ClNO. The summed E-state index contributed by atoms with van der Waals surface area (Å²) in [5, 5.41) is 5.05. The number of rotatable bonds is 0. The van der Waals surface area contributed by atoms with Crippen LogP contribution in [0, 0.1) is 0 Å². The van der Waals surface area contributed by atoms with Gasteiger partial charge in [0, 0.05) is 28.1 Å². The number of hydrogen-bond donors (Lipinski definition) is 0. The fraction of sp³-hybridized carbons (Fsp3) is 0. The smallest absolute Gasteiger partial charge is 0.227 e. The third-order valence-electron chi connectivity index (χ3n) is 3.18. The van der Waals surface area contributed by atoms with Gasteiger partial charge in [0.05, 0.1) is 5.39 Å². The first-order valence-corrected chi connectivity index (χ1v) is 6.06. The molecule has 0 saturated carbocycles. The van der Waals surface area contributed by atoms with Crippen LogP contribution < -0.4 is 0 Å². The van der Waals surface area contributed by atoms with Crippen molar-refractivity contribution in [1.29, 1.82) is 0 Å². The molecule has 2 nitrogen and oxygen atoms in total. The molecule has 0 N–H and O–H groups in total. The second kappa shape index (κ2) is 3.47. The van der Waals surface area contributed by atoms with Crippen molar-refractivity contribution < 1.29 is 4.42 Å². The van der Waals surface area contributed by atoms with Crippen molar-refractivity contribution in [2.45, 2.75) is 0 Å². The number of aromatic nitrogens is 1. The summed E-state index contributed by atoms with van der Waals surface area (Å²) in [6.45, 7) is 0. The maximum absolute atomic E-state index is 5.98. The molecule has 0 saturated heterocycles. The van der Waals surface area contributed by atoms with Crippen molar-refractivity contribution in [2.24, 2.45) is 0 Å². The maximum Gasteiger partial charge on any atom is 0.227 e. The minimum absolute atomic E-state index is 0.658. The summed E-state index contributed by atoms with van der Waals surface area (Å²) in [6, 6.07) is 13.9. The van der Waals surface area contributed by atoms with Gasteiger partial charge in [0.2, 0.25) is 5.71 Å². The van der Waals surface area contributed by atoms with Crippen LogP contribution in [0.3, 0.4) is 0 Å². The minimum atomic E-state index is 0.658.